The molecule has 3 rings (SSSR count). The minimum atomic E-state index is -0.00279. The molecule has 0 radical (unpaired) electrons. The molecule has 0 spiro atoms. The molecule has 2 atom stereocenters. The van der Waals surface area contributed by atoms with Gasteiger partial charge in [0.1, 0.15) is 0 Å². The lowest BCUT2D eigenvalue weighted by atomic mass is 10.0. The molecule has 1 aliphatic rings. The number of carbonyl (C=O) groups excluding carboxylic acids is 1. The summed E-state index contributed by atoms with van der Waals surface area (Å²) in [5.41, 5.74) is 2.18. The van der Waals surface area contributed by atoms with E-state index in [9.17, 15) is 9.90 Å². The Bertz CT molecular complexity index is 663. The first-order chi connectivity index (χ1) is 12.2. The summed E-state index contributed by atoms with van der Waals surface area (Å²) in [7, 11) is 0. The number of aliphatic hydroxyl groups is 1. The Balaban J connectivity index is 1.49. The Morgan fingerprint density at radius 3 is 2.68 bits per heavy atom. The summed E-state index contributed by atoms with van der Waals surface area (Å²) in [5, 5.41) is 12.8. The molecule has 1 saturated heterocycles. The van der Waals surface area contributed by atoms with Crippen LogP contribution in [0.15, 0.2) is 54.7 Å². The number of nitrogens with one attached hydrogen (secondary N) is 1. The van der Waals surface area contributed by atoms with E-state index in [4.69, 9.17) is 0 Å². The lowest BCUT2D eigenvalue weighted by molar-refractivity contribution is -0.122. The monoisotopic (exact) mass is 339 g/mol. The third-order valence-electron chi connectivity index (χ3n) is 4.69. The predicted molar refractivity (Wildman–Crippen MR) is 96.8 cm³/mol. The largest absolute Gasteiger partial charge is 0.396 e. The molecule has 2 heterocycles. The number of aryl methyl sites for hydroxylation is 1. The van der Waals surface area contributed by atoms with Crippen LogP contribution in [-0.4, -0.2) is 46.6 Å². The van der Waals surface area contributed by atoms with Crippen LogP contribution < -0.4 is 5.32 Å². The van der Waals surface area contributed by atoms with Crippen molar-refractivity contribution in [2.75, 3.05) is 19.7 Å². The topological polar surface area (TPSA) is 65.5 Å². The Kier molecular flexibility index (Phi) is 6.14. The van der Waals surface area contributed by atoms with E-state index in [-0.39, 0.29) is 24.5 Å². The number of hydrogen-bond donors (Lipinski definition) is 2. The van der Waals surface area contributed by atoms with E-state index in [1.54, 1.807) is 6.20 Å². The van der Waals surface area contributed by atoms with Crippen molar-refractivity contribution in [2.45, 2.75) is 25.4 Å². The van der Waals surface area contributed by atoms with Crippen LogP contribution in [0.3, 0.4) is 0 Å². The highest BCUT2D eigenvalue weighted by atomic mass is 16.3. The van der Waals surface area contributed by atoms with Crippen molar-refractivity contribution in [3.8, 4) is 0 Å². The standard InChI is InChI=1S/C20H25N3O2/c24-15-17-12-23(13-18-8-4-5-11-21-18)14-19(17)22-20(25)10-9-16-6-2-1-3-7-16/h1-8,11,17,19,24H,9-10,12-15H2,(H,22,25)/t17-,19+/m0/s1. The summed E-state index contributed by atoms with van der Waals surface area (Å²) < 4.78 is 0. The molecular formula is C20H25N3O2. The van der Waals surface area contributed by atoms with E-state index in [2.05, 4.69) is 15.2 Å². The minimum Gasteiger partial charge on any atom is -0.396 e. The minimum absolute atomic E-state index is 0.00279. The molecule has 2 N–H and O–H groups in total. The zero-order valence-electron chi connectivity index (χ0n) is 14.3. The van der Waals surface area contributed by atoms with Crippen LogP contribution in [0.2, 0.25) is 0 Å². The second-order valence-electron chi connectivity index (χ2n) is 6.62. The van der Waals surface area contributed by atoms with Crippen LogP contribution in [-0.2, 0) is 17.8 Å². The molecule has 0 aliphatic carbocycles. The molecule has 1 aromatic heterocycles. The van der Waals surface area contributed by atoms with E-state index >= 15 is 0 Å². The van der Waals surface area contributed by atoms with Gasteiger partial charge in [-0.3, -0.25) is 14.7 Å². The number of likely N-dealkylation sites (tertiary alicyclic amines) is 1. The van der Waals surface area contributed by atoms with Gasteiger partial charge in [0.25, 0.3) is 0 Å². The normalized spacial score (nSPS) is 20.5. The lowest BCUT2D eigenvalue weighted by Crippen LogP contribution is -2.41. The van der Waals surface area contributed by atoms with Gasteiger partial charge in [-0.1, -0.05) is 36.4 Å². The van der Waals surface area contributed by atoms with Gasteiger partial charge >= 0.3 is 0 Å². The van der Waals surface area contributed by atoms with Crippen molar-refractivity contribution in [3.63, 3.8) is 0 Å². The molecule has 0 saturated carbocycles. The number of aliphatic hydroxyl groups excluding tert-OH is 1. The van der Waals surface area contributed by atoms with Crippen molar-refractivity contribution in [1.82, 2.24) is 15.2 Å². The van der Waals surface area contributed by atoms with Gasteiger partial charge in [0.15, 0.2) is 0 Å². The fourth-order valence-corrected chi connectivity index (χ4v) is 3.34. The molecule has 5 nitrogen and oxygen atoms in total. The number of benzene rings is 1. The second-order valence-corrected chi connectivity index (χ2v) is 6.62. The number of pyridine rings is 1. The van der Waals surface area contributed by atoms with Gasteiger partial charge in [0.05, 0.1) is 5.69 Å². The van der Waals surface area contributed by atoms with E-state index < -0.39 is 0 Å². The third kappa shape index (κ3) is 5.11. The zero-order valence-corrected chi connectivity index (χ0v) is 14.3. The number of carbonyl (C=O) groups is 1. The van der Waals surface area contributed by atoms with Crippen LogP contribution in [0, 0.1) is 5.92 Å². The Morgan fingerprint density at radius 2 is 1.96 bits per heavy atom. The maximum absolute atomic E-state index is 12.3. The average Bonchev–Trinajstić information content (AvgIpc) is 3.03. The van der Waals surface area contributed by atoms with E-state index in [1.807, 2.05) is 48.5 Å². The first-order valence-corrected chi connectivity index (χ1v) is 8.81. The smallest absolute Gasteiger partial charge is 0.220 e. The number of hydrogen-bond acceptors (Lipinski definition) is 4. The number of nitrogens with zero attached hydrogens (tertiary/aromatic N) is 2. The summed E-state index contributed by atoms with van der Waals surface area (Å²) in [5.74, 6) is 0.122. The summed E-state index contributed by atoms with van der Waals surface area (Å²) in [6.45, 7) is 2.35. The van der Waals surface area contributed by atoms with E-state index in [0.717, 1.165) is 31.7 Å². The predicted octanol–water partition coefficient (Wildman–Crippen LogP) is 1.62. The molecular weight excluding hydrogens is 314 g/mol. The molecule has 1 aliphatic heterocycles. The molecule has 1 amide bonds. The first kappa shape index (κ1) is 17.6. The van der Waals surface area contributed by atoms with E-state index in [0.29, 0.717) is 6.42 Å². The van der Waals surface area contributed by atoms with Crippen LogP contribution in [0.5, 0.6) is 0 Å². The fraction of sp³-hybridized carbons (Fsp3) is 0.400. The third-order valence-corrected chi connectivity index (χ3v) is 4.69. The highest BCUT2D eigenvalue weighted by molar-refractivity contribution is 5.76. The van der Waals surface area contributed by atoms with Crippen molar-refractivity contribution in [1.29, 1.82) is 0 Å². The Hall–Kier alpha value is -2.24. The van der Waals surface area contributed by atoms with Crippen LogP contribution >= 0.6 is 0 Å². The van der Waals surface area contributed by atoms with Crippen LogP contribution in [0.25, 0.3) is 0 Å². The molecule has 2 aromatic rings. The zero-order chi connectivity index (χ0) is 17.5. The van der Waals surface area contributed by atoms with Crippen molar-refractivity contribution >= 4 is 5.91 Å². The van der Waals surface area contributed by atoms with Gasteiger partial charge < -0.3 is 10.4 Å². The second kappa shape index (κ2) is 8.74. The average molecular weight is 339 g/mol. The number of amides is 1. The van der Waals surface area contributed by atoms with Gasteiger partial charge in [-0.05, 0) is 24.1 Å². The summed E-state index contributed by atoms with van der Waals surface area (Å²) in [6, 6.07) is 15.9. The van der Waals surface area contributed by atoms with Gasteiger partial charge in [-0.15, -0.1) is 0 Å². The van der Waals surface area contributed by atoms with Crippen LogP contribution in [0.1, 0.15) is 17.7 Å². The quantitative estimate of drug-likeness (QED) is 0.805. The molecule has 0 bridgehead atoms. The molecule has 1 aromatic carbocycles. The van der Waals surface area contributed by atoms with Gasteiger partial charge in [-0.25, -0.2) is 0 Å². The van der Waals surface area contributed by atoms with Crippen molar-refractivity contribution < 1.29 is 9.90 Å². The highest BCUT2D eigenvalue weighted by Gasteiger charge is 2.33. The summed E-state index contributed by atoms with van der Waals surface area (Å²) >= 11 is 0. The fourth-order valence-electron chi connectivity index (χ4n) is 3.34. The molecule has 25 heavy (non-hydrogen) atoms. The SMILES string of the molecule is O=C(CCc1ccccc1)N[C@@H]1CN(Cc2ccccn2)C[C@H]1CO. The molecule has 132 valence electrons. The van der Waals surface area contributed by atoms with Gasteiger partial charge in [-0.2, -0.15) is 0 Å². The Morgan fingerprint density at radius 1 is 1.16 bits per heavy atom. The summed E-state index contributed by atoms with van der Waals surface area (Å²) in [6.07, 6.45) is 3.00. The van der Waals surface area contributed by atoms with Crippen molar-refractivity contribution in [3.05, 3.63) is 66.0 Å². The first-order valence-electron chi connectivity index (χ1n) is 8.81. The van der Waals surface area contributed by atoms with E-state index in [1.165, 1.54) is 5.56 Å². The lowest BCUT2D eigenvalue weighted by Gasteiger charge is -2.18. The molecule has 5 heteroatoms. The van der Waals surface area contributed by atoms with Gasteiger partial charge in [0.2, 0.25) is 5.91 Å². The Labute approximate surface area is 148 Å². The number of rotatable bonds is 7. The van der Waals surface area contributed by atoms with Crippen molar-refractivity contribution in [2.24, 2.45) is 5.92 Å². The molecule has 0 unspecified atom stereocenters. The number of aromatic nitrogens is 1. The maximum atomic E-state index is 12.3. The van der Waals surface area contributed by atoms with Gasteiger partial charge in [0, 0.05) is 50.8 Å². The summed E-state index contributed by atoms with van der Waals surface area (Å²) in [4.78, 5) is 18.9. The highest BCUT2D eigenvalue weighted by Crippen LogP contribution is 2.19. The van der Waals surface area contributed by atoms with Crippen LogP contribution in [0.4, 0.5) is 0 Å². The molecule has 1 fully saturated rings. The maximum Gasteiger partial charge on any atom is 0.220 e.